The SMILES string of the molecule is Cc1nccn1CCSc1ccc(C(=O)O)o1. The summed E-state index contributed by atoms with van der Waals surface area (Å²) in [4.78, 5) is 14.7. The number of hydrogen-bond donors (Lipinski definition) is 1. The minimum absolute atomic E-state index is 0.0219. The van der Waals surface area contributed by atoms with Gasteiger partial charge in [0, 0.05) is 24.7 Å². The molecule has 0 atom stereocenters. The van der Waals surface area contributed by atoms with Gasteiger partial charge in [-0.25, -0.2) is 9.78 Å². The van der Waals surface area contributed by atoms with E-state index >= 15 is 0 Å². The van der Waals surface area contributed by atoms with Crippen LogP contribution in [0.2, 0.25) is 0 Å². The summed E-state index contributed by atoms with van der Waals surface area (Å²) in [6.07, 6.45) is 3.68. The van der Waals surface area contributed by atoms with Gasteiger partial charge in [0.05, 0.1) is 0 Å². The molecule has 0 spiro atoms. The van der Waals surface area contributed by atoms with E-state index in [2.05, 4.69) is 4.98 Å². The van der Waals surface area contributed by atoms with E-state index in [0.717, 1.165) is 18.1 Å². The second kappa shape index (κ2) is 5.09. The molecule has 0 saturated carbocycles. The van der Waals surface area contributed by atoms with Crippen LogP contribution in [-0.4, -0.2) is 26.4 Å². The van der Waals surface area contributed by atoms with Crippen LogP contribution in [0.1, 0.15) is 16.4 Å². The fourth-order valence-corrected chi connectivity index (χ4v) is 2.20. The van der Waals surface area contributed by atoms with Gasteiger partial charge in [-0.2, -0.15) is 0 Å². The Hall–Kier alpha value is -1.69. The number of thioether (sulfide) groups is 1. The van der Waals surface area contributed by atoms with Crippen LogP contribution in [0, 0.1) is 6.92 Å². The molecule has 0 amide bonds. The summed E-state index contributed by atoms with van der Waals surface area (Å²) in [7, 11) is 0. The number of furan rings is 1. The van der Waals surface area contributed by atoms with Gasteiger partial charge >= 0.3 is 5.97 Å². The molecule has 0 aliphatic rings. The maximum absolute atomic E-state index is 10.6. The maximum atomic E-state index is 10.6. The molecule has 90 valence electrons. The van der Waals surface area contributed by atoms with Crippen LogP contribution in [0.15, 0.2) is 34.0 Å². The zero-order valence-electron chi connectivity index (χ0n) is 9.29. The minimum atomic E-state index is -1.04. The molecule has 0 aromatic carbocycles. The predicted molar refractivity (Wildman–Crippen MR) is 63.4 cm³/mol. The van der Waals surface area contributed by atoms with Crippen molar-refractivity contribution in [3.8, 4) is 0 Å². The van der Waals surface area contributed by atoms with Crippen LogP contribution < -0.4 is 0 Å². The normalized spacial score (nSPS) is 10.6. The maximum Gasteiger partial charge on any atom is 0.371 e. The van der Waals surface area contributed by atoms with Crippen LogP contribution in [-0.2, 0) is 6.54 Å². The van der Waals surface area contributed by atoms with Crippen molar-refractivity contribution in [3.05, 3.63) is 36.1 Å². The molecule has 0 saturated heterocycles. The fraction of sp³-hybridized carbons (Fsp3) is 0.273. The first kappa shape index (κ1) is 11.8. The number of carboxylic acid groups (broad SMARTS) is 1. The topological polar surface area (TPSA) is 68.3 Å². The van der Waals surface area contributed by atoms with Gasteiger partial charge in [0.25, 0.3) is 0 Å². The fourth-order valence-electron chi connectivity index (χ4n) is 1.40. The molecule has 0 bridgehead atoms. The number of carboxylic acids is 1. The highest BCUT2D eigenvalue weighted by atomic mass is 32.2. The van der Waals surface area contributed by atoms with Gasteiger partial charge in [0.15, 0.2) is 5.09 Å². The Kier molecular flexibility index (Phi) is 3.53. The summed E-state index contributed by atoms with van der Waals surface area (Å²) >= 11 is 1.49. The van der Waals surface area contributed by atoms with Gasteiger partial charge in [0.1, 0.15) is 5.82 Å². The van der Waals surface area contributed by atoms with Crippen molar-refractivity contribution >= 4 is 17.7 Å². The molecule has 5 nitrogen and oxygen atoms in total. The summed E-state index contributed by atoms with van der Waals surface area (Å²) < 4.78 is 7.17. The van der Waals surface area contributed by atoms with E-state index in [-0.39, 0.29) is 5.76 Å². The van der Waals surface area contributed by atoms with E-state index in [0.29, 0.717) is 5.09 Å². The van der Waals surface area contributed by atoms with Crippen molar-refractivity contribution in [2.75, 3.05) is 5.75 Å². The van der Waals surface area contributed by atoms with Gasteiger partial charge in [-0.05, 0) is 19.1 Å². The molecular formula is C11H12N2O3S. The number of aromatic carboxylic acids is 1. The third kappa shape index (κ3) is 2.91. The molecule has 17 heavy (non-hydrogen) atoms. The van der Waals surface area contributed by atoms with Crippen LogP contribution >= 0.6 is 11.8 Å². The van der Waals surface area contributed by atoms with Crippen molar-refractivity contribution in [3.63, 3.8) is 0 Å². The number of carbonyl (C=O) groups is 1. The van der Waals surface area contributed by atoms with Gasteiger partial charge in [-0.15, -0.1) is 0 Å². The number of aromatic nitrogens is 2. The van der Waals surface area contributed by atoms with Gasteiger partial charge in [0.2, 0.25) is 5.76 Å². The van der Waals surface area contributed by atoms with Crippen LogP contribution in [0.5, 0.6) is 0 Å². The quantitative estimate of drug-likeness (QED) is 0.827. The number of aryl methyl sites for hydroxylation is 2. The number of rotatable bonds is 5. The molecule has 6 heteroatoms. The van der Waals surface area contributed by atoms with Crippen molar-refractivity contribution in [2.45, 2.75) is 18.6 Å². The zero-order chi connectivity index (χ0) is 12.3. The molecule has 0 aliphatic carbocycles. The van der Waals surface area contributed by atoms with Crippen molar-refractivity contribution < 1.29 is 14.3 Å². The van der Waals surface area contributed by atoms with E-state index < -0.39 is 5.97 Å². The van der Waals surface area contributed by atoms with Gasteiger partial charge < -0.3 is 14.1 Å². The lowest BCUT2D eigenvalue weighted by Crippen LogP contribution is -2.01. The second-order valence-corrected chi connectivity index (χ2v) is 4.54. The second-order valence-electron chi connectivity index (χ2n) is 3.44. The summed E-state index contributed by atoms with van der Waals surface area (Å²) in [5.41, 5.74) is 0. The molecule has 0 unspecified atom stereocenters. The van der Waals surface area contributed by atoms with Crippen molar-refractivity contribution in [2.24, 2.45) is 0 Å². The average Bonchev–Trinajstić information content (AvgIpc) is 2.89. The van der Waals surface area contributed by atoms with Crippen LogP contribution in [0.25, 0.3) is 0 Å². The molecule has 2 aromatic rings. The third-order valence-electron chi connectivity index (χ3n) is 2.29. The van der Waals surface area contributed by atoms with Crippen molar-refractivity contribution in [1.29, 1.82) is 0 Å². The Morgan fingerprint density at radius 3 is 3.00 bits per heavy atom. The Morgan fingerprint density at radius 2 is 2.41 bits per heavy atom. The highest BCUT2D eigenvalue weighted by molar-refractivity contribution is 7.99. The van der Waals surface area contributed by atoms with E-state index in [9.17, 15) is 4.79 Å². The Labute approximate surface area is 102 Å². The van der Waals surface area contributed by atoms with E-state index in [1.807, 2.05) is 17.7 Å². The molecule has 0 aliphatic heterocycles. The largest absolute Gasteiger partial charge is 0.475 e. The molecule has 0 fully saturated rings. The van der Waals surface area contributed by atoms with E-state index in [1.54, 1.807) is 12.3 Å². The number of hydrogen-bond acceptors (Lipinski definition) is 4. The van der Waals surface area contributed by atoms with Crippen molar-refractivity contribution in [1.82, 2.24) is 9.55 Å². The first-order valence-corrected chi connectivity index (χ1v) is 6.09. The average molecular weight is 252 g/mol. The first-order chi connectivity index (χ1) is 8.16. The van der Waals surface area contributed by atoms with E-state index in [4.69, 9.17) is 9.52 Å². The third-order valence-corrected chi connectivity index (χ3v) is 3.18. The van der Waals surface area contributed by atoms with Gasteiger partial charge in [-0.1, -0.05) is 11.8 Å². The molecule has 1 N–H and O–H groups in total. The lowest BCUT2D eigenvalue weighted by Gasteiger charge is -2.02. The van der Waals surface area contributed by atoms with Crippen LogP contribution in [0.4, 0.5) is 0 Å². The monoisotopic (exact) mass is 252 g/mol. The Balaban J connectivity index is 1.86. The molecule has 2 rings (SSSR count). The molecule has 2 heterocycles. The standard InChI is InChI=1S/C11H12N2O3S/c1-8-12-4-5-13(8)6-7-17-10-3-2-9(16-10)11(14)15/h2-5H,6-7H2,1H3,(H,14,15). The highest BCUT2D eigenvalue weighted by Gasteiger charge is 2.09. The lowest BCUT2D eigenvalue weighted by molar-refractivity contribution is 0.0656. The Bertz CT molecular complexity index is 518. The zero-order valence-corrected chi connectivity index (χ0v) is 10.1. The first-order valence-electron chi connectivity index (χ1n) is 5.10. The number of imidazole rings is 1. The summed E-state index contributed by atoms with van der Waals surface area (Å²) in [6, 6.07) is 3.14. The van der Waals surface area contributed by atoms with Gasteiger partial charge in [-0.3, -0.25) is 0 Å². The summed E-state index contributed by atoms with van der Waals surface area (Å²) in [6.45, 7) is 2.76. The smallest absolute Gasteiger partial charge is 0.371 e. The van der Waals surface area contributed by atoms with Crippen LogP contribution in [0.3, 0.4) is 0 Å². The number of nitrogens with zero attached hydrogens (tertiary/aromatic N) is 2. The molecule has 2 aromatic heterocycles. The minimum Gasteiger partial charge on any atom is -0.475 e. The summed E-state index contributed by atoms with van der Waals surface area (Å²) in [5, 5.41) is 9.32. The Morgan fingerprint density at radius 1 is 1.59 bits per heavy atom. The predicted octanol–water partition coefficient (Wildman–Crippen LogP) is 2.28. The lowest BCUT2D eigenvalue weighted by atomic mass is 10.5. The highest BCUT2D eigenvalue weighted by Crippen LogP contribution is 2.21. The molecular weight excluding hydrogens is 240 g/mol. The molecule has 0 radical (unpaired) electrons. The van der Waals surface area contributed by atoms with E-state index in [1.165, 1.54) is 17.8 Å². The summed E-state index contributed by atoms with van der Waals surface area (Å²) in [5.74, 6) is 0.717.